The van der Waals surface area contributed by atoms with Gasteiger partial charge in [-0.2, -0.15) is 0 Å². The summed E-state index contributed by atoms with van der Waals surface area (Å²) in [5, 5.41) is 2.97. The van der Waals surface area contributed by atoms with E-state index in [0.717, 1.165) is 36.0 Å². The number of amides is 1. The molecule has 3 heteroatoms. The van der Waals surface area contributed by atoms with Gasteiger partial charge >= 0.3 is 0 Å². The predicted molar refractivity (Wildman–Crippen MR) is 121 cm³/mol. The second-order valence-electron chi connectivity index (χ2n) is 6.20. The van der Waals surface area contributed by atoms with Gasteiger partial charge in [-0.15, -0.1) is 0 Å². The average molecular weight is 375 g/mol. The molecule has 0 fully saturated rings. The lowest BCUT2D eigenvalue weighted by molar-refractivity contribution is 0.0953. The molecule has 0 radical (unpaired) electrons. The molecule has 0 aliphatic heterocycles. The van der Waals surface area contributed by atoms with E-state index in [1.54, 1.807) is 12.3 Å². The van der Waals surface area contributed by atoms with Crippen molar-refractivity contribution in [2.45, 2.75) is 40.0 Å². The van der Waals surface area contributed by atoms with Gasteiger partial charge in [0.05, 0.1) is 0 Å². The van der Waals surface area contributed by atoms with E-state index in [4.69, 9.17) is 0 Å². The van der Waals surface area contributed by atoms with Gasteiger partial charge in [-0.05, 0) is 63.8 Å². The van der Waals surface area contributed by atoms with E-state index in [1.807, 2.05) is 69.5 Å². The summed E-state index contributed by atoms with van der Waals surface area (Å²) in [6.45, 7) is 10.3. The zero-order valence-electron chi connectivity index (χ0n) is 17.2. The quantitative estimate of drug-likeness (QED) is 0.262. The van der Waals surface area contributed by atoms with Gasteiger partial charge in [-0.3, -0.25) is 9.79 Å². The molecule has 1 amide bonds. The number of hydrogen-bond acceptors (Lipinski definition) is 2. The predicted octanol–water partition coefficient (Wildman–Crippen LogP) is 5.54. The SMILES string of the molecule is C=C/C(C#Cc1cc(C(=O)NCCCC/C=N\C=C/C)ccc1C)=C\C=C/C. The van der Waals surface area contributed by atoms with Crippen LogP contribution in [-0.4, -0.2) is 18.7 Å². The van der Waals surface area contributed by atoms with Crippen LogP contribution in [-0.2, 0) is 0 Å². The Kier molecular flexibility index (Phi) is 11.5. The first-order chi connectivity index (χ1) is 13.6. The smallest absolute Gasteiger partial charge is 0.251 e. The maximum Gasteiger partial charge on any atom is 0.251 e. The van der Waals surface area contributed by atoms with Gasteiger partial charge in [0.25, 0.3) is 5.91 Å². The first kappa shape index (κ1) is 22.9. The molecule has 1 aromatic carbocycles. The first-order valence-electron chi connectivity index (χ1n) is 9.61. The standard InChI is InChI=1S/C25H30N2O/c1-5-8-12-22(7-3)14-16-23-20-24(15-13-21(23)4)25(28)27-19-11-9-10-18-26-17-6-2/h5-8,12-13,15,17-18,20H,3,9-11,19H2,1-2,4H3,(H,27,28)/b8-5-,17-6-,22-12+,26-18-. The van der Waals surface area contributed by atoms with Crippen molar-refractivity contribution in [1.29, 1.82) is 0 Å². The van der Waals surface area contributed by atoms with Crippen molar-refractivity contribution in [2.24, 2.45) is 4.99 Å². The number of carbonyl (C=O) groups excluding carboxylic acids is 1. The highest BCUT2D eigenvalue weighted by atomic mass is 16.1. The molecule has 0 spiro atoms. The molecule has 3 nitrogen and oxygen atoms in total. The van der Waals surface area contributed by atoms with Crippen LogP contribution in [0.5, 0.6) is 0 Å². The van der Waals surface area contributed by atoms with Gasteiger partial charge in [-0.25, -0.2) is 0 Å². The van der Waals surface area contributed by atoms with Crippen molar-refractivity contribution in [2.75, 3.05) is 6.54 Å². The van der Waals surface area contributed by atoms with Crippen LogP contribution in [0.1, 0.15) is 54.6 Å². The maximum absolute atomic E-state index is 12.4. The Labute approximate surface area is 169 Å². The van der Waals surface area contributed by atoms with Crippen LogP contribution in [0.25, 0.3) is 0 Å². The van der Waals surface area contributed by atoms with E-state index in [0.29, 0.717) is 12.1 Å². The Morgan fingerprint density at radius 3 is 2.79 bits per heavy atom. The molecule has 0 aliphatic rings. The molecule has 0 unspecified atom stereocenters. The minimum Gasteiger partial charge on any atom is -0.352 e. The third kappa shape index (κ3) is 9.00. The number of nitrogens with one attached hydrogen (secondary N) is 1. The molecule has 0 heterocycles. The number of aryl methyl sites for hydroxylation is 1. The third-order valence-corrected chi connectivity index (χ3v) is 3.92. The van der Waals surface area contributed by atoms with Crippen molar-refractivity contribution in [3.63, 3.8) is 0 Å². The Balaban J connectivity index is 2.67. The molecule has 1 rings (SSSR count). The maximum atomic E-state index is 12.4. The van der Waals surface area contributed by atoms with Crippen LogP contribution in [0.4, 0.5) is 0 Å². The van der Waals surface area contributed by atoms with Crippen molar-refractivity contribution >= 4 is 12.1 Å². The molecule has 0 atom stereocenters. The fraction of sp³-hybridized carbons (Fsp3) is 0.280. The summed E-state index contributed by atoms with van der Waals surface area (Å²) in [6, 6.07) is 5.61. The molecule has 0 aromatic heterocycles. The van der Waals surface area contributed by atoms with Gasteiger partial charge < -0.3 is 5.32 Å². The number of carbonyl (C=O) groups is 1. The Bertz CT molecular complexity index is 830. The number of benzene rings is 1. The van der Waals surface area contributed by atoms with Gasteiger partial charge in [0, 0.05) is 35.7 Å². The molecule has 0 saturated carbocycles. The summed E-state index contributed by atoms with van der Waals surface area (Å²) < 4.78 is 0. The molecule has 0 bridgehead atoms. The number of rotatable bonds is 9. The Morgan fingerprint density at radius 2 is 2.07 bits per heavy atom. The van der Waals surface area contributed by atoms with E-state index in [-0.39, 0.29) is 5.91 Å². The first-order valence-corrected chi connectivity index (χ1v) is 9.61. The number of allylic oxidation sites excluding steroid dienone is 6. The largest absolute Gasteiger partial charge is 0.352 e. The lowest BCUT2D eigenvalue weighted by Crippen LogP contribution is -2.24. The lowest BCUT2D eigenvalue weighted by Gasteiger charge is -2.06. The van der Waals surface area contributed by atoms with Crippen LogP contribution in [0, 0.1) is 18.8 Å². The second-order valence-corrected chi connectivity index (χ2v) is 6.20. The van der Waals surface area contributed by atoms with Crippen LogP contribution in [0.3, 0.4) is 0 Å². The number of aliphatic imine (C=N–C) groups is 1. The summed E-state index contributed by atoms with van der Waals surface area (Å²) in [4.78, 5) is 16.5. The summed E-state index contributed by atoms with van der Waals surface area (Å²) in [5.74, 6) is 6.18. The molecule has 1 aromatic rings. The highest BCUT2D eigenvalue weighted by Gasteiger charge is 2.06. The van der Waals surface area contributed by atoms with E-state index in [2.05, 4.69) is 28.7 Å². The van der Waals surface area contributed by atoms with Crippen molar-refractivity contribution < 1.29 is 4.79 Å². The normalized spacial score (nSPS) is 11.8. The highest BCUT2D eigenvalue weighted by Crippen LogP contribution is 2.11. The molecule has 0 saturated heterocycles. The van der Waals surface area contributed by atoms with Crippen molar-refractivity contribution in [3.05, 3.63) is 83.6 Å². The molecular weight excluding hydrogens is 344 g/mol. The Morgan fingerprint density at radius 1 is 1.25 bits per heavy atom. The topological polar surface area (TPSA) is 41.5 Å². The number of unbranched alkanes of at least 4 members (excludes halogenated alkanes) is 2. The van der Waals surface area contributed by atoms with Crippen molar-refractivity contribution in [1.82, 2.24) is 5.32 Å². The van der Waals surface area contributed by atoms with E-state index >= 15 is 0 Å². The van der Waals surface area contributed by atoms with E-state index < -0.39 is 0 Å². The summed E-state index contributed by atoms with van der Waals surface area (Å²) in [5.41, 5.74) is 3.35. The fourth-order valence-electron chi connectivity index (χ4n) is 2.28. The van der Waals surface area contributed by atoms with Crippen LogP contribution in [0.2, 0.25) is 0 Å². The zero-order valence-corrected chi connectivity index (χ0v) is 17.2. The molecular formula is C25H30N2O. The fourth-order valence-corrected chi connectivity index (χ4v) is 2.28. The van der Waals surface area contributed by atoms with Crippen LogP contribution < -0.4 is 5.32 Å². The summed E-state index contributed by atoms with van der Waals surface area (Å²) in [6.07, 6.45) is 15.9. The van der Waals surface area contributed by atoms with Gasteiger partial charge in [0.15, 0.2) is 0 Å². The second kappa shape index (κ2) is 14.0. The zero-order chi connectivity index (χ0) is 20.6. The summed E-state index contributed by atoms with van der Waals surface area (Å²) in [7, 11) is 0. The minimum absolute atomic E-state index is 0.0703. The monoisotopic (exact) mass is 374 g/mol. The number of hydrogen-bond donors (Lipinski definition) is 1. The molecule has 1 N–H and O–H groups in total. The summed E-state index contributed by atoms with van der Waals surface area (Å²) >= 11 is 0. The molecule has 28 heavy (non-hydrogen) atoms. The van der Waals surface area contributed by atoms with Crippen LogP contribution in [0.15, 0.2) is 71.9 Å². The van der Waals surface area contributed by atoms with Crippen LogP contribution >= 0.6 is 0 Å². The van der Waals surface area contributed by atoms with Crippen molar-refractivity contribution in [3.8, 4) is 11.8 Å². The van der Waals surface area contributed by atoms with Gasteiger partial charge in [-0.1, -0.05) is 48.8 Å². The molecule has 146 valence electrons. The third-order valence-electron chi connectivity index (χ3n) is 3.92. The lowest BCUT2D eigenvalue weighted by atomic mass is 10.0. The molecule has 0 aliphatic carbocycles. The highest BCUT2D eigenvalue weighted by molar-refractivity contribution is 5.94. The Hall–Kier alpha value is -3.12. The van der Waals surface area contributed by atoms with Gasteiger partial charge in [0.1, 0.15) is 0 Å². The average Bonchev–Trinajstić information content (AvgIpc) is 2.71. The van der Waals surface area contributed by atoms with E-state index in [9.17, 15) is 4.79 Å². The van der Waals surface area contributed by atoms with E-state index in [1.165, 1.54) is 0 Å². The van der Waals surface area contributed by atoms with Gasteiger partial charge in [0.2, 0.25) is 0 Å². The minimum atomic E-state index is -0.0703. The number of nitrogens with zero attached hydrogens (tertiary/aromatic N) is 1.